The molecular weight excluding hydrogens is 344 g/mol. The van der Waals surface area contributed by atoms with Crippen molar-refractivity contribution in [1.29, 1.82) is 0 Å². The van der Waals surface area contributed by atoms with Crippen molar-refractivity contribution < 1.29 is 17.9 Å². The van der Waals surface area contributed by atoms with E-state index in [1.807, 2.05) is 13.8 Å². The minimum Gasteiger partial charge on any atom is -0.379 e. The van der Waals surface area contributed by atoms with Crippen LogP contribution in [0.1, 0.15) is 23.9 Å². The van der Waals surface area contributed by atoms with Crippen LogP contribution in [0.4, 0.5) is 0 Å². The molecule has 2 heterocycles. The normalized spacial score (nSPS) is 21.0. The van der Waals surface area contributed by atoms with Gasteiger partial charge in [0.1, 0.15) is 6.54 Å². The highest BCUT2D eigenvalue weighted by molar-refractivity contribution is 7.89. The Labute approximate surface area is 149 Å². The minimum atomic E-state index is -3.34. The average Bonchev–Trinajstić information content (AvgIpc) is 3.03. The molecule has 1 aliphatic heterocycles. The Morgan fingerprint density at radius 2 is 2.04 bits per heavy atom. The molecule has 9 heteroatoms. The molecule has 0 radical (unpaired) electrons. The van der Waals surface area contributed by atoms with E-state index in [0.717, 1.165) is 23.4 Å². The van der Waals surface area contributed by atoms with Crippen molar-refractivity contribution in [3.8, 4) is 0 Å². The molecule has 2 atom stereocenters. The van der Waals surface area contributed by atoms with Crippen molar-refractivity contribution in [3.05, 3.63) is 17.0 Å². The van der Waals surface area contributed by atoms with E-state index in [1.54, 1.807) is 4.68 Å². The SMILES string of the molecule is CCc1c(C)nn(CC(=O)N[C@H]2COC[C@H]2CS(=O)(=O)N(C)C)c1C. The van der Waals surface area contributed by atoms with Crippen molar-refractivity contribution in [2.75, 3.05) is 33.1 Å². The maximum Gasteiger partial charge on any atom is 0.242 e. The number of carbonyl (C=O) groups excluding carboxylic acids is 1. The third-order valence-corrected chi connectivity index (χ3v) is 6.67. The molecule has 1 fully saturated rings. The summed E-state index contributed by atoms with van der Waals surface area (Å²) in [4.78, 5) is 12.4. The van der Waals surface area contributed by atoms with Gasteiger partial charge in [0.2, 0.25) is 15.9 Å². The Hall–Kier alpha value is -1.45. The fourth-order valence-corrected chi connectivity index (χ4v) is 4.30. The molecule has 1 aromatic rings. The molecule has 0 aromatic carbocycles. The van der Waals surface area contributed by atoms with Crippen molar-refractivity contribution in [1.82, 2.24) is 19.4 Å². The van der Waals surface area contributed by atoms with Gasteiger partial charge in [-0.1, -0.05) is 6.92 Å². The zero-order valence-electron chi connectivity index (χ0n) is 15.6. The second-order valence-electron chi connectivity index (χ2n) is 6.69. The maximum absolute atomic E-state index is 12.4. The minimum absolute atomic E-state index is 0.0369. The summed E-state index contributed by atoms with van der Waals surface area (Å²) in [5, 5.41) is 7.32. The standard InChI is InChI=1S/C16H28N4O4S/c1-6-14-11(2)18-20(12(14)3)7-16(21)17-15-9-24-8-13(15)10-25(22,23)19(4)5/h13,15H,6-10H2,1-5H3,(H,17,21)/t13-,15-/m0/s1. The van der Waals surface area contributed by atoms with Crippen LogP contribution in [-0.4, -0.2) is 67.5 Å². The largest absolute Gasteiger partial charge is 0.379 e. The van der Waals surface area contributed by atoms with Gasteiger partial charge < -0.3 is 10.1 Å². The molecule has 142 valence electrons. The number of amides is 1. The molecular formula is C16H28N4O4S. The lowest BCUT2D eigenvalue weighted by molar-refractivity contribution is -0.122. The van der Waals surface area contributed by atoms with Crippen molar-refractivity contribution in [2.24, 2.45) is 5.92 Å². The average molecular weight is 372 g/mol. The molecule has 1 amide bonds. The number of aryl methyl sites for hydroxylation is 1. The fraction of sp³-hybridized carbons (Fsp3) is 0.750. The van der Waals surface area contributed by atoms with Gasteiger partial charge in [-0.25, -0.2) is 12.7 Å². The van der Waals surface area contributed by atoms with Crippen LogP contribution in [0, 0.1) is 19.8 Å². The van der Waals surface area contributed by atoms with Crippen LogP contribution < -0.4 is 5.32 Å². The number of hydrogen-bond acceptors (Lipinski definition) is 5. The molecule has 0 saturated carbocycles. The van der Waals surface area contributed by atoms with E-state index >= 15 is 0 Å². The van der Waals surface area contributed by atoms with E-state index < -0.39 is 10.0 Å². The molecule has 2 rings (SSSR count). The molecule has 8 nitrogen and oxygen atoms in total. The Balaban J connectivity index is 2.00. The van der Waals surface area contributed by atoms with Gasteiger partial charge in [0.05, 0.1) is 30.7 Å². The number of rotatable bonds is 7. The molecule has 0 aliphatic carbocycles. The first-order valence-electron chi connectivity index (χ1n) is 8.45. The summed E-state index contributed by atoms with van der Waals surface area (Å²) in [5.41, 5.74) is 3.09. The van der Waals surface area contributed by atoms with Crippen LogP contribution in [0.15, 0.2) is 0 Å². The lowest BCUT2D eigenvalue weighted by Crippen LogP contribution is -2.44. The Kier molecular flexibility index (Phi) is 6.23. The molecule has 0 spiro atoms. The first kappa shape index (κ1) is 19.9. The highest BCUT2D eigenvalue weighted by atomic mass is 32.2. The van der Waals surface area contributed by atoms with Crippen molar-refractivity contribution in [2.45, 2.75) is 39.8 Å². The summed E-state index contributed by atoms with van der Waals surface area (Å²) < 4.78 is 32.4. The van der Waals surface area contributed by atoms with E-state index in [1.165, 1.54) is 18.4 Å². The predicted molar refractivity (Wildman–Crippen MR) is 94.8 cm³/mol. The summed E-state index contributed by atoms with van der Waals surface area (Å²) in [6.07, 6.45) is 0.875. The zero-order valence-corrected chi connectivity index (χ0v) is 16.4. The summed E-state index contributed by atoms with van der Waals surface area (Å²) in [5.74, 6) is -0.468. The van der Waals surface area contributed by atoms with E-state index in [4.69, 9.17) is 4.74 Å². The molecule has 25 heavy (non-hydrogen) atoms. The lowest BCUT2D eigenvalue weighted by Gasteiger charge is -2.21. The van der Waals surface area contributed by atoms with Gasteiger partial charge in [-0.15, -0.1) is 0 Å². The highest BCUT2D eigenvalue weighted by Gasteiger charge is 2.34. The Morgan fingerprint density at radius 3 is 2.60 bits per heavy atom. The first-order chi connectivity index (χ1) is 11.7. The molecule has 0 bridgehead atoms. The summed E-state index contributed by atoms with van der Waals surface area (Å²) in [7, 11) is -0.324. The number of hydrogen-bond donors (Lipinski definition) is 1. The third kappa shape index (κ3) is 4.59. The van der Waals surface area contributed by atoms with Crippen molar-refractivity contribution in [3.63, 3.8) is 0 Å². The number of nitrogens with one attached hydrogen (secondary N) is 1. The van der Waals surface area contributed by atoms with Crippen molar-refractivity contribution >= 4 is 15.9 Å². The second-order valence-corrected chi connectivity index (χ2v) is 8.92. The predicted octanol–water partition coefficient (Wildman–Crippen LogP) is 0.0849. The van der Waals surface area contributed by atoms with Crippen LogP contribution in [0.2, 0.25) is 0 Å². The van der Waals surface area contributed by atoms with Gasteiger partial charge in [-0.2, -0.15) is 5.10 Å². The number of aromatic nitrogens is 2. The first-order valence-corrected chi connectivity index (χ1v) is 10.1. The van der Waals surface area contributed by atoms with Gasteiger partial charge >= 0.3 is 0 Å². The van der Waals surface area contributed by atoms with Crippen LogP contribution in [-0.2, 0) is 32.5 Å². The van der Waals surface area contributed by atoms with Gasteiger partial charge in [-0.05, 0) is 25.8 Å². The summed E-state index contributed by atoms with van der Waals surface area (Å²) >= 11 is 0. The van der Waals surface area contributed by atoms with E-state index in [0.29, 0.717) is 13.2 Å². The maximum atomic E-state index is 12.4. The smallest absolute Gasteiger partial charge is 0.242 e. The summed E-state index contributed by atoms with van der Waals surface area (Å²) in [6.45, 7) is 6.74. The van der Waals surface area contributed by atoms with E-state index in [9.17, 15) is 13.2 Å². The van der Waals surface area contributed by atoms with E-state index in [2.05, 4.69) is 17.3 Å². The van der Waals surface area contributed by atoms with Gasteiger partial charge in [-0.3, -0.25) is 9.48 Å². The quantitative estimate of drug-likeness (QED) is 0.732. The lowest BCUT2D eigenvalue weighted by atomic mass is 10.1. The Morgan fingerprint density at radius 1 is 1.36 bits per heavy atom. The number of nitrogens with zero attached hydrogens (tertiary/aromatic N) is 3. The monoisotopic (exact) mass is 372 g/mol. The van der Waals surface area contributed by atoms with Gasteiger partial charge in [0, 0.05) is 25.7 Å². The summed E-state index contributed by atoms with van der Waals surface area (Å²) in [6, 6.07) is -0.301. The van der Waals surface area contributed by atoms with E-state index in [-0.39, 0.29) is 30.2 Å². The molecule has 1 aliphatic rings. The van der Waals surface area contributed by atoms with Crippen LogP contribution in [0.5, 0.6) is 0 Å². The molecule has 1 saturated heterocycles. The van der Waals surface area contributed by atoms with Crippen LogP contribution >= 0.6 is 0 Å². The van der Waals surface area contributed by atoms with Gasteiger partial charge in [0.15, 0.2) is 0 Å². The topological polar surface area (TPSA) is 93.5 Å². The Bertz CT molecular complexity index is 727. The van der Waals surface area contributed by atoms with Gasteiger partial charge in [0.25, 0.3) is 0 Å². The number of carbonyl (C=O) groups is 1. The van der Waals surface area contributed by atoms with Crippen LogP contribution in [0.25, 0.3) is 0 Å². The third-order valence-electron chi connectivity index (χ3n) is 4.70. The zero-order chi connectivity index (χ0) is 18.8. The molecule has 1 N–H and O–H groups in total. The fourth-order valence-electron chi connectivity index (χ4n) is 3.13. The molecule has 0 unspecified atom stereocenters. The highest BCUT2D eigenvalue weighted by Crippen LogP contribution is 2.18. The number of sulfonamides is 1. The molecule has 1 aromatic heterocycles. The number of ether oxygens (including phenoxy) is 1. The van der Waals surface area contributed by atoms with Crippen LogP contribution in [0.3, 0.4) is 0 Å². The second kappa shape index (κ2) is 7.84.